The predicted octanol–water partition coefficient (Wildman–Crippen LogP) is 5.23. The third kappa shape index (κ3) is 11.6. The number of allylic oxidation sites excluding steroid dienone is 4. The summed E-state index contributed by atoms with van der Waals surface area (Å²) in [5.74, 6) is -0.366. The zero-order valence-corrected chi connectivity index (χ0v) is 17.6. The van der Waals surface area contributed by atoms with Gasteiger partial charge in [0.15, 0.2) is 0 Å². The average Bonchev–Trinajstić information content (AvgIpc) is 2.86. The monoisotopic (exact) mass is 399 g/mol. The maximum Gasteiger partial charge on any atom is 0.408 e. The summed E-state index contributed by atoms with van der Waals surface area (Å²) in [5.41, 5.74) is 0.212. The van der Waals surface area contributed by atoms with Gasteiger partial charge in [0.2, 0.25) is 0 Å². The molecule has 0 radical (unpaired) electrons. The molecule has 1 amide bonds. The molecule has 6 heteroatoms. The lowest BCUT2D eigenvalue weighted by atomic mass is 10.00. The molecule has 1 aliphatic rings. The van der Waals surface area contributed by atoms with Crippen molar-refractivity contribution in [3.05, 3.63) is 36.5 Å². The number of alkyl carbamates (subject to hydrolysis) is 1. The Morgan fingerprint density at radius 2 is 2.00 bits per heavy atom. The van der Waals surface area contributed by atoms with Gasteiger partial charge in [0.25, 0.3) is 0 Å². The van der Waals surface area contributed by atoms with Crippen molar-refractivity contribution in [2.75, 3.05) is 0 Å². The van der Waals surface area contributed by atoms with Gasteiger partial charge in [-0.3, -0.25) is 4.79 Å². The van der Waals surface area contributed by atoms with Crippen LogP contribution in [0.15, 0.2) is 36.5 Å². The molecule has 3 atom stereocenters. The first kappa shape index (κ1) is 27.5. The highest BCUT2D eigenvalue weighted by Gasteiger charge is 2.38. The van der Waals surface area contributed by atoms with E-state index in [1.54, 1.807) is 20.8 Å². The molecular formula is C21H37NO4S. The van der Waals surface area contributed by atoms with Crippen LogP contribution in [0, 0.1) is 0 Å². The van der Waals surface area contributed by atoms with Crippen LogP contribution in [0.3, 0.4) is 0 Å². The van der Waals surface area contributed by atoms with Crippen molar-refractivity contribution in [1.29, 1.82) is 0 Å². The van der Waals surface area contributed by atoms with E-state index in [-0.39, 0.29) is 13.4 Å². The van der Waals surface area contributed by atoms with Crippen LogP contribution < -0.4 is 5.32 Å². The molecule has 0 aromatic carbocycles. The molecule has 1 rings (SSSR count). The molecule has 156 valence electrons. The molecule has 0 saturated carbocycles. The Balaban J connectivity index is 0. The van der Waals surface area contributed by atoms with E-state index in [4.69, 9.17) is 9.47 Å². The quantitative estimate of drug-likeness (QED) is 0.364. The Morgan fingerprint density at radius 1 is 1.41 bits per heavy atom. The van der Waals surface area contributed by atoms with Crippen molar-refractivity contribution in [2.45, 2.75) is 84.8 Å². The van der Waals surface area contributed by atoms with E-state index in [0.29, 0.717) is 12.8 Å². The summed E-state index contributed by atoms with van der Waals surface area (Å²) < 4.78 is 10.6. The molecule has 1 saturated heterocycles. The first-order chi connectivity index (χ1) is 12.1. The number of cyclic esters (lactones) is 1. The smallest absolute Gasteiger partial charge is 0.408 e. The number of carbonyl (C=O) groups is 2. The molecule has 1 heterocycles. The Bertz CT molecular complexity index is 535. The summed E-state index contributed by atoms with van der Waals surface area (Å²) in [4.78, 5) is 23.7. The van der Waals surface area contributed by atoms with E-state index in [0.717, 1.165) is 5.57 Å². The number of hydrogen-bond acceptors (Lipinski definition) is 5. The topological polar surface area (TPSA) is 64.6 Å². The second-order valence-corrected chi connectivity index (χ2v) is 7.35. The maximum absolute atomic E-state index is 12.1. The van der Waals surface area contributed by atoms with Crippen LogP contribution in [0.2, 0.25) is 0 Å². The van der Waals surface area contributed by atoms with Gasteiger partial charge in [0.1, 0.15) is 17.0 Å². The summed E-state index contributed by atoms with van der Waals surface area (Å²) >= 11 is 4.20. The van der Waals surface area contributed by atoms with Crippen LogP contribution in [-0.4, -0.2) is 35.1 Å². The lowest BCUT2D eigenvalue weighted by Crippen LogP contribution is -2.45. The van der Waals surface area contributed by atoms with Gasteiger partial charge < -0.3 is 14.8 Å². The van der Waals surface area contributed by atoms with E-state index in [2.05, 4.69) is 24.5 Å². The Hall–Kier alpha value is -1.69. The van der Waals surface area contributed by atoms with E-state index in [1.165, 1.54) is 0 Å². The maximum atomic E-state index is 12.1. The van der Waals surface area contributed by atoms with Crippen LogP contribution in [0.5, 0.6) is 0 Å². The van der Waals surface area contributed by atoms with Gasteiger partial charge in [-0.1, -0.05) is 57.7 Å². The minimum absolute atomic E-state index is 0. The van der Waals surface area contributed by atoms with Gasteiger partial charge in [-0.05, 0) is 34.1 Å². The van der Waals surface area contributed by atoms with E-state index in [1.807, 2.05) is 45.1 Å². The summed E-state index contributed by atoms with van der Waals surface area (Å²) in [6.07, 6.45) is 7.43. The minimum Gasteiger partial charge on any atom is -0.459 e. The third-order valence-corrected chi connectivity index (χ3v) is 3.69. The molecule has 5 nitrogen and oxygen atoms in total. The first-order valence-electron chi connectivity index (χ1n) is 8.97. The Morgan fingerprint density at radius 3 is 2.44 bits per heavy atom. The van der Waals surface area contributed by atoms with Crippen molar-refractivity contribution < 1.29 is 19.1 Å². The van der Waals surface area contributed by atoms with Crippen LogP contribution >= 0.6 is 12.6 Å². The lowest BCUT2D eigenvalue weighted by molar-refractivity contribution is -0.142. The van der Waals surface area contributed by atoms with Gasteiger partial charge in [-0.15, -0.1) is 0 Å². The average molecular weight is 400 g/mol. The number of rotatable bonds is 6. The van der Waals surface area contributed by atoms with Crippen molar-refractivity contribution in [3.63, 3.8) is 0 Å². The van der Waals surface area contributed by atoms with Gasteiger partial charge >= 0.3 is 12.1 Å². The summed E-state index contributed by atoms with van der Waals surface area (Å²) in [5, 5.41) is 2.33. The van der Waals surface area contributed by atoms with Crippen molar-refractivity contribution in [1.82, 2.24) is 5.32 Å². The number of ether oxygens (including phenoxy) is 2. The van der Waals surface area contributed by atoms with Crippen molar-refractivity contribution in [2.24, 2.45) is 0 Å². The normalized spacial score (nSPS) is 20.3. The van der Waals surface area contributed by atoms with E-state index >= 15 is 0 Å². The van der Waals surface area contributed by atoms with Gasteiger partial charge in [0.05, 0.1) is 6.04 Å². The zero-order chi connectivity index (χ0) is 20.3. The molecule has 0 bridgehead atoms. The molecule has 0 spiro atoms. The highest BCUT2D eigenvalue weighted by Crippen LogP contribution is 2.25. The van der Waals surface area contributed by atoms with Crippen LogP contribution in [0.1, 0.15) is 61.8 Å². The number of hydrogen-bond donors (Lipinski definition) is 2. The largest absolute Gasteiger partial charge is 0.459 e. The fraction of sp³-hybridized carbons (Fsp3) is 0.619. The number of esters is 1. The Kier molecular flexibility index (Phi) is 13.7. The standard InChI is InChI=1S/C18H27NO4S.C2H6.CH4/c1-6-7-8-9-12(2)10-13(14-11-15(24)16(20)22-14)19-17(21)23-18(3,4)5;1-2;/h6-9,13-15,24H,2,10-11H2,1,3-5H3,(H,19,21);1-2H3;1H4/b7-6-,9-8-;;. The highest BCUT2D eigenvalue weighted by atomic mass is 32.1. The number of amides is 1. The predicted molar refractivity (Wildman–Crippen MR) is 116 cm³/mol. The van der Waals surface area contributed by atoms with Crippen molar-refractivity contribution >= 4 is 24.7 Å². The number of nitrogens with one attached hydrogen (secondary N) is 1. The fourth-order valence-corrected chi connectivity index (χ4v) is 2.49. The van der Waals surface area contributed by atoms with Gasteiger partial charge in [-0.25, -0.2) is 4.79 Å². The molecule has 1 fully saturated rings. The molecule has 1 N–H and O–H groups in total. The SMILES string of the molecule is C.C=C(/C=C\C=C/C)CC(NC(=O)OC(C)(C)C)C1CC(S)C(=O)O1.CC. The van der Waals surface area contributed by atoms with Crippen LogP contribution in [0.4, 0.5) is 4.79 Å². The fourth-order valence-electron chi connectivity index (χ4n) is 2.23. The molecular weight excluding hydrogens is 362 g/mol. The number of thiol groups is 1. The van der Waals surface area contributed by atoms with Crippen LogP contribution in [0.25, 0.3) is 0 Å². The summed E-state index contributed by atoms with van der Waals surface area (Å²) in [7, 11) is 0. The molecule has 27 heavy (non-hydrogen) atoms. The van der Waals surface area contributed by atoms with E-state index in [9.17, 15) is 9.59 Å². The van der Waals surface area contributed by atoms with Crippen LogP contribution in [-0.2, 0) is 14.3 Å². The van der Waals surface area contributed by atoms with Gasteiger partial charge in [-0.2, -0.15) is 12.6 Å². The number of carbonyl (C=O) groups excluding carboxylic acids is 2. The molecule has 3 unspecified atom stereocenters. The first-order valence-corrected chi connectivity index (χ1v) is 9.49. The van der Waals surface area contributed by atoms with Crippen molar-refractivity contribution in [3.8, 4) is 0 Å². The Labute approximate surface area is 170 Å². The minimum atomic E-state index is -0.601. The van der Waals surface area contributed by atoms with E-state index < -0.39 is 29.1 Å². The molecule has 0 aliphatic carbocycles. The summed E-state index contributed by atoms with van der Waals surface area (Å²) in [6.45, 7) is 15.3. The molecule has 0 aromatic rings. The highest BCUT2D eigenvalue weighted by molar-refractivity contribution is 7.81. The molecule has 0 aromatic heterocycles. The summed E-state index contributed by atoms with van der Waals surface area (Å²) in [6, 6.07) is -0.413. The van der Waals surface area contributed by atoms with Gasteiger partial charge in [0, 0.05) is 6.42 Å². The lowest BCUT2D eigenvalue weighted by Gasteiger charge is -2.26. The third-order valence-electron chi connectivity index (χ3n) is 3.26. The second-order valence-electron chi connectivity index (χ2n) is 6.73. The molecule has 1 aliphatic heterocycles. The zero-order valence-electron chi connectivity index (χ0n) is 16.7. The second kappa shape index (κ2) is 13.5.